The van der Waals surface area contributed by atoms with Crippen molar-refractivity contribution in [2.75, 3.05) is 51.4 Å². The average Bonchev–Trinajstić information content (AvgIpc) is 2.93. The van der Waals surface area contributed by atoms with Gasteiger partial charge in [-0.25, -0.2) is 4.79 Å². The van der Waals surface area contributed by atoms with Crippen LogP contribution in [0, 0.1) is 0 Å². The molecule has 1 N–H and O–H groups in total. The number of anilines is 1. The summed E-state index contributed by atoms with van der Waals surface area (Å²) < 4.78 is 17.9. The van der Waals surface area contributed by atoms with Gasteiger partial charge in [-0.3, -0.25) is 14.2 Å². The second-order valence-electron chi connectivity index (χ2n) is 9.09. The molecule has 3 aromatic rings. The van der Waals surface area contributed by atoms with E-state index in [0.717, 1.165) is 24.5 Å². The number of hydrogen-bond acceptors (Lipinski definition) is 7. The molecule has 10 nitrogen and oxygen atoms in total. The summed E-state index contributed by atoms with van der Waals surface area (Å²) in [6.07, 6.45) is 1.50. The van der Waals surface area contributed by atoms with E-state index in [1.54, 1.807) is 19.2 Å². The number of carbonyl (C=O) groups excluding carboxylic acids is 1. The molecular formula is C28H36N4O6. The van der Waals surface area contributed by atoms with E-state index in [0.29, 0.717) is 68.0 Å². The van der Waals surface area contributed by atoms with E-state index in [4.69, 9.17) is 14.2 Å². The van der Waals surface area contributed by atoms with E-state index in [2.05, 4.69) is 9.88 Å². The Bertz CT molecular complexity index is 1370. The van der Waals surface area contributed by atoms with Gasteiger partial charge in [-0.15, -0.1) is 0 Å². The van der Waals surface area contributed by atoms with Gasteiger partial charge in [-0.05, 0) is 44.9 Å². The lowest BCUT2D eigenvalue weighted by Gasteiger charge is -2.36. The number of piperazine rings is 1. The number of unbranched alkanes of at least 4 members (excludes halogenated alkanes) is 1. The van der Waals surface area contributed by atoms with E-state index < -0.39 is 5.69 Å². The first-order valence-corrected chi connectivity index (χ1v) is 13.2. The number of nitrogens with one attached hydrogen (secondary N) is 1. The van der Waals surface area contributed by atoms with E-state index in [1.807, 2.05) is 43.0 Å². The number of ether oxygens (including phenoxy) is 3. The van der Waals surface area contributed by atoms with Crippen LogP contribution in [0.15, 0.2) is 46.0 Å². The number of amides is 1. The van der Waals surface area contributed by atoms with Crippen molar-refractivity contribution in [1.82, 2.24) is 14.5 Å². The van der Waals surface area contributed by atoms with Crippen molar-refractivity contribution < 1.29 is 19.0 Å². The molecule has 0 aliphatic carbocycles. The Morgan fingerprint density at radius 1 is 0.921 bits per heavy atom. The number of H-pyrrole nitrogens is 1. The van der Waals surface area contributed by atoms with Crippen LogP contribution >= 0.6 is 0 Å². The van der Waals surface area contributed by atoms with Crippen molar-refractivity contribution in [2.24, 2.45) is 0 Å². The lowest BCUT2D eigenvalue weighted by molar-refractivity contribution is -0.131. The SMILES string of the molecule is CCOc1cc2[nH]c(=O)n(CCCCC(=O)N3CCN(c4ccccc4OC)CC3)c(=O)c2cc1OCC. The number of nitrogens with zero attached hydrogens (tertiary/aromatic N) is 3. The van der Waals surface area contributed by atoms with Crippen LogP contribution in [-0.4, -0.2) is 66.9 Å². The monoisotopic (exact) mass is 524 g/mol. The highest BCUT2D eigenvalue weighted by Crippen LogP contribution is 2.31. The number of carbonyl (C=O) groups is 1. The average molecular weight is 525 g/mol. The fourth-order valence-corrected chi connectivity index (χ4v) is 4.79. The molecule has 204 valence electrons. The summed E-state index contributed by atoms with van der Waals surface area (Å²) in [4.78, 5) is 45.4. The Kier molecular flexibility index (Phi) is 8.93. The highest BCUT2D eigenvalue weighted by Gasteiger charge is 2.22. The Labute approximate surface area is 221 Å². The summed E-state index contributed by atoms with van der Waals surface area (Å²) in [5, 5.41) is 0.362. The van der Waals surface area contributed by atoms with Crippen LogP contribution in [0.5, 0.6) is 17.2 Å². The quantitative estimate of drug-likeness (QED) is 0.385. The molecule has 1 saturated heterocycles. The predicted molar refractivity (Wildman–Crippen MR) is 147 cm³/mol. The van der Waals surface area contributed by atoms with Gasteiger partial charge < -0.3 is 29.0 Å². The van der Waals surface area contributed by atoms with Gasteiger partial charge in [0.1, 0.15) is 5.75 Å². The summed E-state index contributed by atoms with van der Waals surface area (Å²) in [5.74, 6) is 1.87. The van der Waals surface area contributed by atoms with Crippen molar-refractivity contribution in [3.8, 4) is 17.2 Å². The molecule has 1 aromatic heterocycles. The molecular weight excluding hydrogens is 488 g/mol. The second-order valence-corrected chi connectivity index (χ2v) is 9.09. The van der Waals surface area contributed by atoms with E-state index in [1.165, 1.54) is 4.57 Å². The van der Waals surface area contributed by atoms with Crippen LogP contribution in [0.2, 0.25) is 0 Å². The molecule has 0 saturated carbocycles. The zero-order valence-corrected chi connectivity index (χ0v) is 22.3. The molecule has 0 radical (unpaired) electrons. The highest BCUT2D eigenvalue weighted by molar-refractivity contribution is 5.81. The molecule has 1 amide bonds. The molecule has 0 bridgehead atoms. The molecule has 0 unspecified atom stereocenters. The smallest absolute Gasteiger partial charge is 0.328 e. The minimum absolute atomic E-state index is 0.0919. The zero-order chi connectivity index (χ0) is 27.1. The number of benzene rings is 2. The maximum atomic E-state index is 13.1. The van der Waals surface area contributed by atoms with Crippen molar-refractivity contribution >= 4 is 22.5 Å². The van der Waals surface area contributed by atoms with Crippen LogP contribution in [0.4, 0.5) is 5.69 Å². The fraction of sp³-hybridized carbons (Fsp3) is 0.464. The van der Waals surface area contributed by atoms with E-state index in [-0.39, 0.29) is 18.0 Å². The fourth-order valence-electron chi connectivity index (χ4n) is 4.79. The first-order chi connectivity index (χ1) is 18.5. The number of hydrogen-bond donors (Lipinski definition) is 1. The predicted octanol–water partition coefficient (Wildman–Crippen LogP) is 3.01. The van der Waals surface area contributed by atoms with Crippen molar-refractivity contribution in [3.05, 3.63) is 57.2 Å². The number of rotatable bonds is 11. The van der Waals surface area contributed by atoms with Crippen LogP contribution in [0.1, 0.15) is 33.1 Å². The van der Waals surface area contributed by atoms with Gasteiger partial charge in [0.05, 0.1) is 36.9 Å². The maximum absolute atomic E-state index is 13.1. The number of methoxy groups -OCH3 is 1. The summed E-state index contributed by atoms with van der Waals surface area (Å²) in [6.45, 7) is 7.57. The minimum Gasteiger partial charge on any atom is -0.495 e. The van der Waals surface area contributed by atoms with Crippen LogP contribution in [0.3, 0.4) is 0 Å². The first kappa shape index (κ1) is 27.1. The summed E-state index contributed by atoms with van der Waals surface area (Å²) in [6, 6.07) is 11.1. The number of aromatic nitrogens is 2. The minimum atomic E-state index is -0.479. The lowest BCUT2D eigenvalue weighted by atomic mass is 10.2. The Morgan fingerprint density at radius 3 is 2.29 bits per heavy atom. The van der Waals surface area contributed by atoms with Crippen molar-refractivity contribution in [1.29, 1.82) is 0 Å². The van der Waals surface area contributed by atoms with E-state index >= 15 is 0 Å². The molecule has 2 heterocycles. The summed E-state index contributed by atoms with van der Waals surface area (Å²) >= 11 is 0. The third kappa shape index (κ3) is 5.95. The zero-order valence-electron chi connectivity index (χ0n) is 22.3. The third-order valence-corrected chi connectivity index (χ3v) is 6.73. The molecule has 0 atom stereocenters. The highest BCUT2D eigenvalue weighted by atomic mass is 16.5. The third-order valence-electron chi connectivity index (χ3n) is 6.73. The van der Waals surface area contributed by atoms with Gasteiger partial charge in [-0.2, -0.15) is 0 Å². The summed E-state index contributed by atoms with van der Waals surface area (Å²) in [7, 11) is 1.66. The molecule has 10 heteroatoms. The second kappa shape index (κ2) is 12.5. The number of para-hydroxylation sites is 2. The topological polar surface area (TPSA) is 106 Å². The Balaban J connectivity index is 1.33. The van der Waals surface area contributed by atoms with Gasteiger partial charge in [0, 0.05) is 45.2 Å². The largest absolute Gasteiger partial charge is 0.495 e. The molecule has 0 spiro atoms. The van der Waals surface area contributed by atoms with Gasteiger partial charge >= 0.3 is 5.69 Å². The van der Waals surface area contributed by atoms with Crippen LogP contribution in [0.25, 0.3) is 10.9 Å². The number of aromatic amines is 1. The normalized spacial score (nSPS) is 13.6. The van der Waals surface area contributed by atoms with Crippen LogP contribution in [-0.2, 0) is 11.3 Å². The maximum Gasteiger partial charge on any atom is 0.328 e. The molecule has 1 aliphatic rings. The summed E-state index contributed by atoms with van der Waals surface area (Å²) in [5.41, 5.74) is 0.584. The Morgan fingerprint density at radius 2 is 1.61 bits per heavy atom. The van der Waals surface area contributed by atoms with Gasteiger partial charge in [0.2, 0.25) is 5.91 Å². The molecule has 1 fully saturated rings. The molecule has 4 rings (SSSR count). The van der Waals surface area contributed by atoms with Crippen molar-refractivity contribution in [2.45, 2.75) is 39.7 Å². The number of fused-ring (bicyclic) bond motifs is 1. The van der Waals surface area contributed by atoms with E-state index in [9.17, 15) is 14.4 Å². The molecule has 38 heavy (non-hydrogen) atoms. The van der Waals surface area contributed by atoms with Crippen LogP contribution < -0.4 is 30.4 Å². The Hall–Kier alpha value is -3.95. The van der Waals surface area contributed by atoms with Gasteiger partial charge in [-0.1, -0.05) is 12.1 Å². The first-order valence-electron chi connectivity index (χ1n) is 13.2. The van der Waals surface area contributed by atoms with Crippen molar-refractivity contribution in [3.63, 3.8) is 0 Å². The molecule has 1 aliphatic heterocycles. The lowest BCUT2D eigenvalue weighted by Crippen LogP contribution is -2.48. The van der Waals surface area contributed by atoms with Gasteiger partial charge in [0.25, 0.3) is 5.56 Å². The standard InChI is InChI=1S/C28H36N4O6/c1-4-37-24-18-20-21(19-25(24)38-5-2)29-28(35)32(27(20)34)13-9-8-12-26(33)31-16-14-30(15-17-31)22-10-6-7-11-23(22)36-3/h6-7,10-11,18-19H,4-5,8-9,12-17H2,1-3H3,(H,29,35). The molecule has 2 aromatic carbocycles. The van der Waals surface area contributed by atoms with Gasteiger partial charge in [0.15, 0.2) is 11.5 Å².